The molecular formula is C27H22FN5O2. The number of hydrogen-bond donors (Lipinski definition) is 2. The quantitative estimate of drug-likeness (QED) is 0.339. The Morgan fingerprint density at radius 2 is 1.94 bits per heavy atom. The molecule has 0 bridgehead atoms. The first-order valence-electron chi connectivity index (χ1n) is 11.2. The first-order valence-corrected chi connectivity index (χ1v) is 11.2. The van der Waals surface area contributed by atoms with Gasteiger partial charge in [-0.3, -0.25) is 4.79 Å². The number of nitrogen functional groups attached to an aromatic ring is 1. The van der Waals surface area contributed by atoms with Gasteiger partial charge in [0.1, 0.15) is 28.9 Å². The Kier molecular flexibility index (Phi) is 5.90. The lowest BCUT2D eigenvalue weighted by Gasteiger charge is -2.05. The highest BCUT2D eigenvalue weighted by molar-refractivity contribution is 6.08. The molecule has 2 heterocycles. The molecular weight excluding hydrogens is 445 g/mol. The SMILES string of the molecule is N#Cc1c(CCCNC(=O)Cc2coc3ccc4ccccc4c23)nn(-c2ccc(F)cc2)c1N. The molecule has 0 aliphatic heterocycles. The van der Waals surface area contributed by atoms with Crippen LogP contribution in [0, 0.1) is 17.1 Å². The molecule has 2 aromatic heterocycles. The van der Waals surface area contributed by atoms with Crippen molar-refractivity contribution in [1.29, 1.82) is 5.26 Å². The zero-order valence-electron chi connectivity index (χ0n) is 18.8. The van der Waals surface area contributed by atoms with Gasteiger partial charge in [0.05, 0.1) is 24.1 Å². The fraction of sp³-hybridized carbons (Fsp3) is 0.148. The molecule has 0 aliphatic carbocycles. The molecule has 5 aromatic rings. The summed E-state index contributed by atoms with van der Waals surface area (Å²) in [4.78, 5) is 12.6. The molecule has 0 unspecified atom stereocenters. The maximum atomic E-state index is 13.2. The Morgan fingerprint density at radius 3 is 2.74 bits per heavy atom. The molecule has 5 rings (SSSR count). The lowest BCUT2D eigenvalue weighted by Crippen LogP contribution is -2.26. The van der Waals surface area contributed by atoms with Crippen LogP contribution in [-0.2, 0) is 17.6 Å². The molecule has 8 heteroatoms. The molecule has 35 heavy (non-hydrogen) atoms. The highest BCUT2D eigenvalue weighted by atomic mass is 19.1. The summed E-state index contributed by atoms with van der Waals surface area (Å²) in [5.41, 5.74) is 9.09. The third kappa shape index (κ3) is 4.32. The summed E-state index contributed by atoms with van der Waals surface area (Å²) in [7, 11) is 0. The van der Waals surface area contributed by atoms with E-state index in [0.717, 1.165) is 27.3 Å². The number of anilines is 1. The number of nitrogens with zero attached hydrogens (tertiary/aromatic N) is 3. The Labute approximate surface area is 200 Å². The number of hydrogen-bond acceptors (Lipinski definition) is 5. The second kappa shape index (κ2) is 9.31. The standard InChI is InChI=1S/C27H22FN5O2/c28-19-8-10-20(11-9-19)33-27(30)22(15-29)23(32-33)6-3-13-31-25(34)14-18-16-35-24-12-7-17-4-1-2-5-21(17)26(18)24/h1-2,4-5,7-12,16H,3,6,13-14,30H2,(H,31,34). The summed E-state index contributed by atoms with van der Waals surface area (Å²) in [6, 6.07) is 19.7. The average Bonchev–Trinajstić information content (AvgIpc) is 3.42. The number of carbonyl (C=O) groups is 1. The van der Waals surface area contributed by atoms with Gasteiger partial charge in [0, 0.05) is 17.5 Å². The van der Waals surface area contributed by atoms with Crippen molar-refractivity contribution in [3.8, 4) is 11.8 Å². The average molecular weight is 468 g/mol. The minimum Gasteiger partial charge on any atom is -0.464 e. The zero-order chi connectivity index (χ0) is 24.4. The number of benzene rings is 3. The molecule has 0 saturated heterocycles. The number of furan rings is 1. The van der Waals surface area contributed by atoms with Crippen LogP contribution in [0.2, 0.25) is 0 Å². The lowest BCUT2D eigenvalue weighted by molar-refractivity contribution is -0.120. The normalized spacial score (nSPS) is 11.1. The van der Waals surface area contributed by atoms with E-state index in [1.807, 2.05) is 36.4 Å². The number of rotatable bonds is 7. The Morgan fingerprint density at radius 1 is 1.14 bits per heavy atom. The predicted octanol–water partition coefficient (Wildman–Crippen LogP) is 4.66. The molecule has 0 saturated carbocycles. The van der Waals surface area contributed by atoms with Crippen LogP contribution in [0.15, 0.2) is 71.3 Å². The third-order valence-corrected chi connectivity index (χ3v) is 5.98. The minimum atomic E-state index is -0.368. The van der Waals surface area contributed by atoms with Crippen molar-refractivity contribution < 1.29 is 13.6 Å². The number of nitrogens with one attached hydrogen (secondary N) is 1. The van der Waals surface area contributed by atoms with Crippen molar-refractivity contribution >= 4 is 33.5 Å². The highest BCUT2D eigenvalue weighted by Gasteiger charge is 2.17. The van der Waals surface area contributed by atoms with Crippen LogP contribution in [0.25, 0.3) is 27.4 Å². The number of aromatic nitrogens is 2. The van der Waals surface area contributed by atoms with Crippen LogP contribution < -0.4 is 11.1 Å². The summed E-state index contributed by atoms with van der Waals surface area (Å²) in [6.45, 7) is 0.420. The molecule has 1 amide bonds. The first kappa shape index (κ1) is 22.2. The summed E-state index contributed by atoms with van der Waals surface area (Å²) >= 11 is 0. The van der Waals surface area contributed by atoms with E-state index in [9.17, 15) is 14.4 Å². The third-order valence-electron chi connectivity index (χ3n) is 5.98. The second-order valence-corrected chi connectivity index (χ2v) is 8.26. The van der Waals surface area contributed by atoms with Crippen LogP contribution in [0.4, 0.5) is 10.2 Å². The van der Waals surface area contributed by atoms with E-state index < -0.39 is 0 Å². The van der Waals surface area contributed by atoms with E-state index in [1.165, 1.54) is 16.8 Å². The molecule has 174 valence electrons. The monoisotopic (exact) mass is 467 g/mol. The topological polar surface area (TPSA) is 110 Å². The number of aryl methyl sites for hydroxylation is 1. The Hall–Kier alpha value is -4.64. The van der Waals surface area contributed by atoms with Gasteiger partial charge in [-0.2, -0.15) is 10.4 Å². The smallest absolute Gasteiger partial charge is 0.224 e. The second-order valence-electron chi connectivity index (χ2n) is 8.26. The van der Waals surface area contributed by atoms with Crippen molar-refractivity contribution in [3.05, 3.63) is 89.6 Å². The maximum Gasteiger partial charge on any atom is 0.224 e. The van der Waals surface area contributed by atoms with Crippen molar-refractivity contribution in [2.45, 2.75) is 19.3 Å². The van der Waals surface area contributed by atoms with Crippen LogP contribution in [-0.4, -0.2) is 22.2 Å². The van der Waals surface area contributed by atoms with Gasteiger partial charge in [0.25, 0.3) is 0 Å². The van der Waals surface area contributed by atoms with E-state index in [4.69, 9.17) is 10.2 Å². The minimum absolute atomic E-state index is 0.113. The first-order chi connectivity index (χ1) is 17.0. The molecule has 3 N–H and O–H groups in total. The molecule has 0 aliphatic rings. The van der Waals surface area contributed by atoms with Crippen molar-refractivity contribution in [2.75, 3.05) is 12.3 Å². The summed E-state index contributed by atoms with van der Waals surface area (Å²) in [6.07, 6.45) is 2.88. The zero-order valence-corrected chi connectivity index (χ0v) is 18.8. The summed E-state index contributed by atoms with van der Waals surface area (Å²) in [5.74, 6) is -0.276. The van der Waals surface area contributed by atoms with Crippen molar-refractivity contribution in [2.24, 2.45) is 0 Å². The Bertz CT molecular complexity index is 1580. The Balaban J connectivity index is 1.23. The summed E-state index contributed by atoms with van der Waals surface area (Å²) in [5, 5.41) is 20.0. The maximum absolute atomic E-state index is 13.2. The number of amides is 1. The number of halogens is 1. The fourth-order valence-electron chi connectivity index (χ4n) is 4.28. The lowest BCUT2D eigenvalue weighted by atomic mass is 10.0. The van der Waals surface area contributed by atoms with E-state index in [-0.39, 0.29) is 29.5 Å². The molecule has 3 aromatic carbocycles. The number of nitrogens with two attached hydrogens (primary N) is 1. The van der Waals surface area contributed by atoms with E-state index in [1.54, 1.807) is 18.4 Å². The summed E-state index contributed by atoms with van der Waals surface area (Å²) < 4.78 is 20.3. The van der Waals surface area contributed by atoms with Crippen LogP contribution in [0.1, 0.15) is 23.2 Å². The van der Waals surface area contributed by atoms with Crippen molar-refractivity contribution in [1.82, 2.24) is 15.1 Å². The molecule has 0 spiro atoms. The van der Waals surface area contributed by atoms with Gasteiger partial charge in [-0.05, 0) is 53.9 Å². The van der Waals surface area contributed by atoms with Crippen LogP contribution >= 0.6 is 0 Å². The number of carbonyl (C=O) groups excluding carboxylic acids is 1. The molecule has 0 fully saturated rings. The van der Waals surface area contributed by atoms with Gasteiger partial charge in [0.15, 0.2) is 0 Å². The van der Waals surface area contributed by atoms with Gasteiger partial charge in [0.2, 0.25) is 5.91 Å². The van der Waals surface area contributed by atoms with E-state index >= 15 is 0 Å². The van der Waals surface area contributed by atoms with E-state index in [2.05, 4.69) is 16.5 Å². The van der Waals surface area contributed by atoms with E-state index in [0.29, 0.717) is 30.8 Å². The molecule has 0 radical (unpaired) electrons. The van der Waals surface area contributed by atoms with Gasteiger partial charge in [-0.15, -0.1) is 0 Å². The van der Waals surface area contributed by atoms with Crippen LogP contribution in [0.3, 0.4) is 0 Å². The van der Waals surface area contributed by atoms with Gasteiger partial charge in [-0.25, -0.2) is 9.07 Å². The van der Waals surface area contributed by atoms with Gasteiger partial charge in [-0.1, -0.05) is 30.3 Å². The predicted molar refractivity (Wildman–Crippen MR) is 131 cm³/mol. The van der Waals surface area contributed by atoms with Crippen LogP contribution in [0.5, 0.6) is 0 Å². The highest BCUT2D eigenvalue weighted by Crippen LogP contribution is 2.30. The number of fused-ring (bicyclic) bond motifs is 3. The van der Waals surface area contributed by atoms with Gasteiger partial charge >= 0.3 is 0 Å². The molecule has 7 nitrogen and oxygen atoms in total. The van der Waals surface area contributed by atoms with Gasteiger partial charge < -0.3 is 15.5 Å². The number of nitriles is 1. The fourth-order valence-corrected chi connectivity index (χ4v) is 4.28. The van der Waals surface area contributed by atoms with Crippen molar-refractivity contribution in [3.63, 3.8) is 0 Å². The largest absolute Gasteiger partial charge is 0.464 e. The molecule has 0 atom stereocenters.